The summed E-state index contributed by atoms with van der Waals surface area (Å²) >= 11 is 16.0. The summed E-state index contributed by atoms with van der Waals surface area (Å²) < 4.78 is 5.21. The number of rotatable bonds is 0. The molecule has 0 aliphatic carbocycles. The third kappa shape index (κ3) is 12.2. The molecule has 0 amide bonds. The third-order valence-electron chi connectivity index (χ3n) is 4.05. The minimum absolute atomic E-state index is 0. The zero-order valence-corrected chi connectivity index (χ0v) is 37.2. The maximum Gasteiger partial charge on any atom is 0.161 e. The minimum Gasteiger partial charge on any atom is -0.382 e. The average Bonchev–Trinajstić information content (AvgIpc) is 3.60. The maximum absolute atomic E-state index is 5.44. The molecule has 0 radical (unpaired) electrons. The van der Waals surface area contributed by atoms with Crippen LogP contribution in [0, 0.1) is 0 Å². The summed E-state index contributed by atoms with van der Waals surface area (Å²) in [6, 6.07) is 5.67. The van der Waals surface area contributed by atoms with Crippen molar-refractivity contribution in [2.75, 3.05) is 5.73 Å². The number of halogens is 8. The Morgan fingerprint density at radius 2 is 1.26 bits per heavy atom. The van der Waals surface area contributed by atoms with Crippen LogP contribution in [-0.2, 0) is 0 Å². The number of nitrogen functional groups attached to an aromatic ring is 1. The Hall–Kier alpha value is 1.86. The Morgan fingerprint density at radius 1 is 0.789 bits per heavy atom. The molecule has 0 spiro atoms. The van der Waals surface area contributed by atoms with Gasteiger partial charge in [0.15, 0.2) is 16.9 Å². The number of anilines is 1. The summed E-state index contributed by atoms with van der Waals surface area (Å²) in [6.45, 7) is 0. The molecule has 0 saturated heterocycles. The zero-order chi connectivity index (χ0) is 27.4. The van der Waals surface area contributed by atoms with Crippen LogP contribution >= 0.6 is 149 Å². The molecule has 3 N–H and O–H groups in total. The van der Waals surface area contributed by atoms with Crippen LogP contribution in [-0.4, -0.2) is 43.6 Å². The van der Waals surface area contributed by atoms with Crippen molar-refractivity contribution in [1.82, 2.24) is 43.6 Å². The van der Waals surface area contributed by atoms with Crippen LogP contribution in [0.4, 0.5) is 5.82 Å². The molecule has 206 valence electrons. The van der Waals surface area contributed by atoms with E-state index in [1.807, 2.05) is 45.5 Å². The Bertz CT molecular complexity index is 1470. The summed E-state index contributed by atoms with van der Waals surface area (Å²) in [5, 5.41) is 0. The van der Waals surface area contributed by atoms with Crippen molar-refractivity contribution in [2.24, 2.45) is 0 Å². The van der Waals surface area contributed by atoms with Gasteiger partial charge in [-0.05, 0) is 68.8 Å². The van der Waals surface area contributed by atoms with Crippen molar-refractivity contribution in [1.29, 1.82) is 0 Å². The number of aromatic nitrogens is 9. The van der Waals surface area contributed by atoms with Crippen molar-refractivity contribution < 1.29 is 13.3 Å². The second kappa shape index (κ2) is 20.7. The number of nitrogens with two attached hydrogens (primary N) is 1. The van der Waals surface area contributed by atoms with Gasteiger partial charge in [-0.2, -0.15) is 0 Å². The van der Waals surface area contributed by atoms with E-state index in [4.69, 9.17) is 5.73 Å². The SMILES string of the molecule is Brc1cnc2[nH]ccc2n1.I.II.I[I-]I.Nc1cnc2c(ccn2P)n1.Pn1ccc2nc(Br)cnc21. The van der Waals surface area contributed by atoms with E-state index in [0.29, 0.717) is 19.1 Å². The molecule has 6 aromatic heterocycles. The summed E-state index contributed by atoms with van der Waals surface area (Å²) in [4.78, 5) is 27.7. The molecule has 6 heterocycles. The molecule has 6 rings (SSSR count). The van der Waals surface area contributed by atoms with Crippen molar-refractivity contribution >= 4 is 188 Å². The number of H-pyrrole nitrogens is 1. The number of nitrogens with zero attached hydrogens (tertiary/aromatic N) is 8. The number of hydrogen-bond acceptors (Lipinski definition) is 7. The maximum atomic E-state index is 5.44. The van der Waals surface area contributed by atoms with E-state index in [1.165, 1.54) is 0 Å². The van der Waals surface area contributed by atoms with E-state index in [1.54, 1.807) is 18.6 Å². The predicted octanol–water partition coefficient (Wildman–Crippen LogP) is 5.37. The summed E-state index contributed by atoms with van der Waals surface area (Å²) in [7, 11) is 5.07. The summed E-state index contributed by atoms with van der Waals surface area (Å²) in [6.07, 6.45) is 10.5. The molecular formula is C18H17Br2I6N10P2-. The van der Waals surface area contributed by atoms with Gasteiger partial charge in [0.2, 0.25) is 0 Å². The van der Waals surface area contributed by atoms with E-state index in [9.17, 15) is 0 Å². The predicted molar refractivity (Wildman–Crippen MR) is 210 cm³/mol. The van der Waals surface area contributed by atoms with Gasteiger partial charge in [-0.1, -0.05) is 0 Å². The van der Waals surface area contributed by atoms with Crippen molar-refractivity contribution in [3.05, 3.63) is 64.6 Å². The van der Waals surface area contributed by atoms with Crippen LogP contribution in [0.25, 0.3) is 33.5 Å². The van der Waals surface area contributed by atoms with Gasteiger partial charge in [0.25, 0.3) is 0 Å². The molecule has 38 heavy (non-hydrogen) atoms. The van der Waals surface area contributed by atoms with Gasteiger partial charge >= 0.3 is 50.5 Å². The van der Waals surface area contributed by atoms with Crippen molar-refractivity contribution in [2.45, 2.75) is 0 Å². The van der Waals surface area contributed by atoms with E-state index >= 15 is 0 Å². The van der Waals surface area contributed by atoms with Gasteiger partial charge in [-0.3, -0.25) is 0 Å². The zero-order valence-electron chi connectivity index (χ0n) is 18.6. The number of fused-ring (bicyclic) bond motifs is 3. The standard InChI is InChI=1S/C6H5BrN3P.C6H4BrN3.C6H7N4P.I3.I2.HI/c7-5-3-8-6-4(9-5)1-2-10(6)11;7-5-3-9-6-4(10-5)1-2-8-6;7-5-3-8-6-4(9-5)1-2-10(6)11;1-3-2;1-2;/h1-3H,11H2;1-3H,(H,8,9);1-3H,11H2,(H2,7,9);;;1H/q;;;-1;;. The molecule has 10 nitrogen and oxygen atoms in total. The number of aromatic amines is 1. The van der Waals surface area contributed by atoms with E-state index in [-0.39, 0.29) is 24.0 Å². The normalized spacial score (nSPS) is 9.68. The summed E-state index contributed by atoms with van der Waals surface area (Å²) in [5.41, 5.74) is 10.6. The molecular weight excluding hydrogens is 1340 g/mol. The van der Waals surface area contributed by atoms with Crippen LogP contribution in [0.15, 0.2) is 64.6 Å². The quantitative estimate of drug-likeness (QED) is 0.155. The first kappa shape index (κ1) is 37.9. The first-order valence-corrected chi connectivity index (χ1v) is 30.9. The van der Waals surface area contributed by atoms with Gasteiger partial charge in [0.1, 0.15) is 31.6 Å². The van der Waals surface area contributed by atoms with Gasteiger partial charge in [0.05, 0.1) is 18.6 Å². The Morgan fingerprint density at radius 3 is 1.84 bits per heavy atom. The molecule has 2 unspecified atom stereocenters. The van der Waals surface area contributed by atoms with Crippen LogP contribution < -0.4 is 19.0 Å². The molecule has 0 fully saturated rings. The molecule has 20 heteroatoms. The van der Waals surface area contributed by atoms with Crippen LogP contribution in [0.1, 0.15) is 0 Å². The van der Waals surface area contributed by atoms with Gasteiger partial charge < -0.3 is 19.4 Å². The Labute approximate surface area is 310 Å². The Balaban J connectivity index is 0.000000260. The summed E-state index contributed by atoms with van der Waals surface area (Å²) in [5.74, 6) is 0.453. The molecule has 2 atom stereocenters. The number of nitrogens with one attached hydrogen (secondary N) is 1. The van der Waals surface area contributed by atoms with E-state index < -0.39 is 0 Å². The minimum atomic E-state index is 0. The van der Waals surface area contributed by atoms with Gasteiger partial charge in [-0.15, -0.1) is 24.0 Å². The molecule has 0 saturated carbocycles. The van der Waals surface area contributed by atoms with E-state index in [0.717, 1.165) is 42.7 Å². The number of hydrogen-bond donors (Lipinski definition) is 2. The van der Waals surface area contributed by atoms with Crippen molar-refractivity contribution in [3.63, 3.8) is 0 Å². The molecule has 0 aliphatic heterocycles. The fraction of sp³-hybridized carbons (Fsp3) is 0. The molecule has 0 bridgehead atoms. The fourth-order valence-corrected chi connectivity index (χ4v) is 3.81. The monoisotopic (exact) mass is 1350 g/mol. The molecule has 6 aromatic rings. The average molecular weight is 1360 g/mol. The van der Waals surface area contributed by atoms with Crippen molar-refractivity contribution in [3.8, 4) is 0 Å². The van der Waals surface area contributed by atoms with Crippen LogP contribution in [0.2, 0.25) is 0 Å². The first-order valence-electron chi connectivity index (χ1n) is 9.38. The molecule has 0 aliphatic rings. The largest absolute Gasteiger partial charge is 0.382 e. The van der Waals surface area contributed by atoms with Gasteiger partial charge in [0, 0.05) is 55.8 Å². The van der Waals surface area contributed by atoms with E-state index in [2.05, 4.69) is 160 Å². The third-order valence-corrected chi connectivity index (χ3v) is 5.65. The topological polar surface area (TPSA) is 129 Å². The van der Waals surface area contributed by atoms with Crippen LogP contribution in [0.5, 0.6) is 0 Å². The van der Waals surface area contributed by atoms with Gasteiger partial charge in [-0.25, -0.2) is 29.9 Å². The van der Waals surface area contributed by atoms with Crippen LogP contribution in [0.3, 0.4) is 0 Å². The fourth-order valence-electron chi connectivity index (χ4n) is 2.66. The molecule has 0 aromatic carbocycles. The first-order chi connectivity index (χ1) is 17.8. The smallest absolute Gasteiger partial charge is 0.161 e. The Kier molecular flexibility index (Phi) is 20.6. The second-order valence-corrected chi connectivity index (χ2v) is 25.3. The second-order valence-electron chi connectivity index (χ2n) is 6.31.